The third kappa shape index (κ3) is 6.42. The van der Waals surface area contributed by atoms with Crippen molar-refractivity contribution in [2.45, 2.75) is 54.5 Å². The van der Waals surface area contributed by atoms with E-state index in [0.29, 0.717) is 13.0 Å². The summed E-state index contributed by atoms with van der Waals surface area (Å²) in [6.45, 7) is 8.25. The van der Waals surface area contributed by atoms with Crippen molar-refractivity contribution in [3.63, 3.8) is 0 Å². The van der Waals surface area contributed by atoms with E-state index in [1.54, 1.807) is 0 Å². The number of carbonyl (C=O) groups is 1. The van der Waals surface area contributed by atoms with Gasteiger partial charge >= 0.3 is 0 Å². The van der Waals surface area contributed by atoms with Gasteiger partial charge in [0.25, 0.3) is 9.70 Å². The predicted molar refractivity (Wildman–Crippen MR) is 147 cm³/mol. The van der Waals surface area contributed by atoms with E-state index in [1.165, 1.54) is 0 Å². The molecule has 0 heterocycles. The summed E-state index contributed by atoms with van der Waals surface area (Å²) in [5.41, 5.74) is 3.54. The molecule has 1 amide bonds. The summed E-state index contributed by atoms with van der Waals surface area (Å²) in [5.74, 6) is -0.849. The van der Waals surface area contributed by atoms with Crippen molar-refractivity contribution in [1.82, 2.24) is 5.48 Å². The van der Waals surface area contributed by atoms with Crippen LogP contribution in [0.5, 0.6) is 0 Å². The zero-order chi connectivity index (χ0) is 26.5. The van der Waals surface area contributed by atoms with Crippen LogP contribution in [0.2, 0.25) is 0 Å². The van der Waals surface area contributed by atoms with Crippen molar-refractivity contribution in [3.05, 3.63) is 108 Å². The number of carbonyl (C=O) groups excluding carboxylic acids is 1. The standard InChI is InChI=1S/C29H32Cl3NO3/c1-26(2,36-33-25(34)29(30,31)32)20-21-35-27(3,4)28(22-14-8-5-9-15-22,23-16-10-6-11-17-23)24-18-12-7-13-19-24/h5-19H,20-21H2,1-4H3,(H,33,34). The van der Waals surface area contributed by atoms with Crippen LogP contribution in [0.15, 0.2) is 91.0 Å². The van der Waals surface area contributed by atoms with E-state index in [2.05, 4.69) is 92.1 Å². The van der Waals surface area contributed by atoms with Gasteiger partial charge in [0.15, 0.2) is 0 Å². The Morgan fingerprint density at radius 1 is 0.722 bits per heavy atom. The first-order valence-corrected chi connectivity index (χ1v) is 12.9. The first-order chi connectivity index (χ1) is 16.9. The number of amides is 1. The lowest BCUT2D eigenvalue weighted by Crippen LogP contribution is -2.51. The van der Waals surface area contributed by atoms with Gasteiger partial charge in [0.2, 0.25) is 0 Å². The summed E-state index contributed by atoms with van der Waals surface area (Å²) in [4.78, 5) is 17.4. The van der Waals surface area contributed by atoms with E-state index in [-0.39, 0.29) is 0 Å². The second-order valence-corrected chi connectivity index (χ2v) is 12.0. The highest BCUT2D eigenvalue weighted by Crippen LogP contribution is 2.49. The molecule has 1 N–H and O–H groups in total. The van der Waals surface area contributed by atoms with Crippen molar-refractivity contribution in [3.8, 4) is 0 Å². The monoisotopic (exact) mass is 547 g/mol. The van der Waals surface area contributed by atoms with Gasteiger partial charge < -0.3 is 4.74 Å². The zero-order valence-corrected chi connectivity index (χ0v) is 23.2. The number of nitrogens with one attached hydrogen (secondary N) is 1. The van der Waals surface area contributed by atoms with Crippen LogP contribution in [0.1, 0.15) is 50.8 Å². The number of benzene rings is 3. The van der Waals surface area contributed by atoms with Gasteiger partial charge in [-0.15, -0.1) is 0 Å². The molecular formula is C29H32Cl3NO3. The lowest BCUT2D eigenvalue weighted by Gasteiger charge is -2.48. The van der Waals surface area contributed by atoms with Crippen LogP contribution in [0.4, 0.5) is 0 Å². The van der Waals surface area contributed by atoms with E-state index >= 15 is 0 Å². The summed E-state index contributed by atoms with van der Waals surface area (Å²) in [6, 6.07) is 31.2. The molecule has 0 spiro atoms. The van der Waals surface area contributed by atoms with Gasteiger partial charge in [-0.05, 0) is 44.4 Å². The molecule has 0 saturated carbocycles. The number of rotatable bonds is 10. The molecular weight excluding hydrogens is 517 g/mol. The predicted octanol–water partition coefficient (Wildman–Crippen LogP) is 7.40. The van der Waals surface area contributed by atoms with Gasteiger partial charge in [-0.1, -0.05) is 126 Å². The Labute approximate surface area is 228 Å². The average Bonchev–Trinajstić information content (AvgIpc) is 2.84. The van der Waals surface area contributed by atoms with Crippen molar-refractivity contribution in [2.75, 3.05) is 6.61 Å². The minimum Gasteiger partial charge on any atom is -0.374 e. The average molecular weight is 549 g/mol. The Balaban J connectivity index is 1.94. The molecule has 0 atom stereocenters. The first kappa shape index (κ1) is 28.5. The smallest absolute Gasteiger partial charge is 0.295 e. The summed E-state index contributed by atoms with van der Waals surface area (Å²) < 4.78 is 4.60. The summed E-state index contributed by atoms with van der Waals surface area (Å²) >= 11 is 16.8. The molecule has 0 aliphatic heterocycles. The highest BCUT2D eigenvalue weighted by atomic mass is 35.6. The Hall–Kier alpha value is -2.08. The van der Waals surface area contributed by atoms with Crippen molar-refractivity contribution < 1.29 is 14.4 Å². The minimum absolute atomic E-state index is 0.359. The molecule has 0 aromatic heterocycles. The Morgan fingerprint density at radius 2 is 1.11 bits per heavy atom. The second kappa shape index (κ2) is 11.5. The summed E-state index contributed by atoms with van der Waals surface area (Å²) in [7, 11) is 0. The van der Waals surface area contributed by atoms with Crippen molar-refractivity contribution in [1.29, 1.82) is 0 Å². The Kier molecular flexibility index (Phi) is 9.13. The van der Waals surface area contributed by atoms with E-state index in [0.717, 1.165) is 16.7 Å². The third-order valence-corrected chi connectivity index (χ3v) is 6.88. The maximum atomic E-state index is 11.9. The molecule has 3 aromatic rings. The Morgan fingerprint density at radius 3 is 1.47 bits per heavy atom. The summed E-state index contributed by atoms with van der Waals surface area (Å²) in [6.07, 6.45) is 0.477. The topological polar surface area (TPSA) is 47.6 Å². The van der Waals surface area contributed by atoms with Crippen LogP contribution in [0.3, 0.4) is 0 Å². The van der Waals surface area contributed by atoms with Crippen LogP contribution < -0.4 is 5.48 Å². The zero-order valence-electron chi connectivity index (χ0n) is 20.9. The molecule has 0 aliphatic rings. The van der Waals surface area contributed by atoms with Crippen LogP contribution in [0.25, 0.3) is 0 Å². The largest absolute Gasteiger partial charge is 0.374 e. The van der Waals surface area contributed by atoms with E-state index in [4.69, 9.17) is 44.4 Å². The maximum absolute atomic E-state index is 11.9. The van der Waals surface area contributed by atoms with Crippen molar-refractivity contribution in [2.24, 2.45) is 0 Å². The van der Waals surface area contributed by atoms with Gasteiger partial charge in [-0.25, -0.2) is 5.48 Å². The van der Waals surface area contributed by atoms with Gasteiger partial charge in [0, 0.05) is 6.42 Å². The molecule has 0 aliphatic carbocycles. The van der Waals surface area contributed by atoms with E-state index in [9.17, 15) is 4.79 Å². The molecule has 4 nitrogen and oxygen atoms in total. The SMILES string of the molecule is CC(C)(CCOC(C)(C)C(c1ccccc1)(c1ccccc1)c1ccccc1)ONC(=O)C(Cl)(Cl)Cl. The number of hydroxylamine groups is 1. The number of halogens is 3. The fraction of sp³-hybridized carbons (Fsp3) is 0.345. The number of hydrogen-bond acceptors (Lipinski definition) is 3. The van der Waals surface area contributed by atoms with Crippen LogP contribution in [-0.4, -0.2) is 27.5 Å². The maximum Gasteiger partial charge on any atom is 0.295 e. The van der Waals surface area contributed by atoms with Gasteiger partial charge in [-0.3, -0.25) is 9.63 Å². The molecule has 0 bridgehead atoms. The molecule has 0 saturated heterocycles. The molecule has 192 valence electrons. The fourth-order valence-electron chi connectivity index (χ4n) is 4.56. The van der Waals surface area contributed by atoms with E-state index in [1.807, 2.05) is 32.0 Å². The van der Waals surface area contributed by atoms with E-state index < -0.39 is 26.3 Å². The third-order valence-electron chi connectivity index (χ3n) is 6.37. The van der Waals surface area contributed by atoms with Gasteiger partial charge in [0.05, 0.1) is 23.2 Å². The molecule has 7 heteroatoms. The minimum atomic E-state index is -2.10. The fourth-order valence-corrected chi connectivity index (χ4v) is 4.68. The summed E-state index contributed by atoms with van der Waals surface area (Å²) in [5, 5.41) is 0. The number of alkyl halides is 3. The normalized spacial score (nSPS) is 12.9. The highest BCUT2D eigenvalue weighted by Gasteiger charge is 2.50. The number of hydrogen-bond donors (Lipinski definition) is 1. The van der Waals surface area contributed by atoms with Gasteiger partial charge in [-0.2, -0.15) is 0 Å². The van der Waals surface area contributed by atoms with Crippen molar-refractivity contribution >= 4 is 40.7 Å². The molecule has 0 radical (unpaired) electrons. The number of ether oxygens (including phenoxy) is 1. The first-order valence-electron chi connectivity index (χ1n) is 11.8. The molecule has 3 rings (SSSR count). The van der Waals surface area contributed by atoms with Crippen LogP contribution >= 0.6 is 34.8 Å². The lowest BCUT2D eigenvalue weighted by atomic mass is 9.60. The molecule has 3 aromatic carbocycles. The lowest BCUT2D eigenvalue weighted by molar-refractivity contribution is -0.152. The second-order valence-electron chi connectivity index (χ2n) is 9.75. The molecule has 0 fully saturated rings. The quantitative estimate of drug-likeness (QED) is 0.163. The molecule has 36 heavy (non-hydrogen) atoms. The van der Waals surface area contributed by atoms with Gasteiger partial charge in [0.1, 0.15) is 0 Å². The molecule has 0 unspecified atom stereocenters. The van der Waals surface area contributed by atoms with Crippen LogP contribution in [-0.2, 0) is 19.8 Å². The highest BCUT2D eigenvalue weighted by molar-refractivity contribution is 6.76. The Bertz CT molecular complexity index is 1020. The van der Waals surface area contributed by atoms with Crippen LogP contribution in [0, 0.1) is 0 Å².